The van der Waals surface area contributed by atoms with E-state index in [1.807, 2.05) is 19.1 Å². The van der Waals surface area contributed by atoms with E-state index in [2.05, 4.69) is 11.8 Å². The van der Waals surface area contributed by atoms with E-state index in [9.17, 15) is 9.90 Å². The number of rotatable bonds is 4. The summed E-state index contributed by atoms with van der Waals surface area (Å²) >= 11 is 0. The van der Waals surface area contributed by atoms with Gasteiger partial charge in [-0.05, 0) is 37.8 Å². The molecule has 1 saturated heterocycles. The van der Waals surface area contributed by atoms with Crippen molar-refractivity contribution in [3.8, 4) is 0 Å². The van der Waals surface area contributed by atoms with E-state index in [-0.39, 0.29) is 0 Å². The van der Waals surface area contributed by atoms with Crippen LogP contribution >= 0.6 is 0 Å². The molecule has 1 fully saturated rings. The molecule has 0 aromatic heterocycles. The normalized spacial score (nSPS) is 19.2. The fourth-order valence-electron chi connectivity index (χ4n) is 2.79. The highest BCUT2D eigenvalue weighted by Crippen LogP contribution is 2.29. The van der Waals surface area contributed by atoms with Crippen molar-refractivity contribution in [2.45, 2.75) is 33.1 Å². The Balaban J connectivity index is 2.21. The average Bonchev–Trinajstić information content (AvgIpc) is 2.78. The van der Waals surface area contributed by atoms with Crippen molar-refractivity contribution in [2.75, 3.05) is 18.0 Å². The minimum absolute atomic E-state index is 0.437. The van der Waals surface area contributed by atoms with E-state index >= 15 is 0 Å². The summed E-state index contributed by atoms with van der Waals surface area (Å²) in [6.07, 6.45) is 3.63. The lowest BCUT2D eigenvalue weighted by Crippen LogP contribution is -2.22. The van der Waals surface area contributed by atoms with Gasteiger partial charge in [0.15, 0.2) is 0 Å². The molecule has 1 atom stereocenters. The smallest absolute Gasteiger partial charge is 0.337 e. The highest BCUT2D eigenvalue weighted by molar-refractivity contribution is 5.94. The lowest BCUT2D eigenvalue weighted by atomic mass is 10.0. The summed E-state index contributed by atoms with van der Waals surface area (Å²) in [4.78, 5) is 13.5. The third-order valence-corrected chi connectivity index (χ3v) is 3.71. The summed E-state index contributed by atoms with van der Waals surface area (Å²) in [5, 5.41) is 9.29. The molecular weight excluding hydrogens is 226 g/mol. The highest BCUT2D eigenvalue weighted by Gasteiger charge is 2.25. The molecule has 1 N–H and O–H groups in total. The van der Waals surface area contributed by atoms with E-state index in [0.717, 1.165) is 30.3 Å². The van der Waals surface area contributed by atoms with Crippen LogP contribution in [-0.2, 0) is 0 Å². The van der Waals surface area contributed by atoms with Crippen molar-refractivity contribution in [3.05, 3.63) is 29.3 Å². The van der Waals surface area contributed by atoms with Gasteiger partial charge in [-0.2, -0.15) is 0 Å². The standard InChI is InChI=1S/C15H21NO2/c1-3-4-12-7-8-16(10-12)14-6-5-11(2)9-13(14)15(17)18/h5-6,9,12H,3-4,7-8,10H2,1-2H3,(H,17,18). The lowest BCUT2D eigenvalue weighted by Gasteiger charge is -2.21. The summed E-state index contributed by atoms with van der Waals surface area (Å²) in [5.74, 6) is -0.106. The Morgan fingerprint density at radius 1 is 1.50 bits per heavy atom. The SMILES string of the molecule is CCCC1CCN(c2ccc(C)cc2C(=O)O)C1. The molecule has 0 radical (unpaired) electrons. The lowest BCUT2D eigenvalue weighted by molar-refractivity contribution is 0.0697. The quantitative estimate of drug-likeness (QED) is 0.887. The van der Waals surface area contributed by atoms with Crippen LogP contribution in [0.5, 0.6) is 0 Å². The first kappa shape index (κ1) is 12.9. The molecule has 1 aliphatic heterocycles. The number of carboxylic acid groups (broad SMARTS) is 1. The number of hydrogen-bond donors (Lipinski definition) is 1. The Morgan fingerprint density at radius 3 is 2.94 bits per heavy atom. The zero-order chi connectivity index (χ0) is 13.1. The largest absolute Gasteiger partial charge is 0.478 e. The number of carbonyl (C=O) groups is 1. The van der Waals surface area contributed by atoms with Crippen LogP contribution < -0.4 is 4.90 Å². The Bertz CT molecular complexity index is 442. The highest BCUT2D eigenvalue weighted by atomic mass is 16.4. The van der Waals surface area contributed by atoms with Gasteiger partial charge in [-0.25, -0.2) is 4.79 Å². The Morgan fingerprint density at radius 2 is 2.28 bits per heavy atom. The summed E-state index contributed by atoms with van der Waals surface area (Å²) in [6, 6.07) is 5.72. The van der Waals surface area contributed by atoms with Gasteiger partial charge in [0.2, 0.25) is 0 Å². The number of benzene rings is 1. The summed E-state index contributed by atoms with van der Waals surface area (Å²) < 4.78 is 0. The maximum absolute atomic E-state index is 11.3. The second-order valence-corrected chi connectivity index (χ2v) is 5.22. The maximum atomic E-state index is 11.3. The zero-order valence-corrected chi connectivity index (χ0v) is 11.1. The van der Waals surface area contributed by atoms with Crippen molar-refractivity contribution < 1.29 is 9.90 Å². The van der Waals surface area contributed by atoms with Crippen molar-refractivity contribution >= 4 is 11.7 Å². The van der Waals surface area contributed by atoms with Crippen molar-refractivity contribution in [2.24, 2.45) is 5.92 Å². The van der Waals surface area contributed by atoms with E-state index in [0.29, 0.717) is 5.56 Å². The van der Waals surface area contributed by atoms with Crippen molar-refractivity contribution in [1.29, 1.82) is 0 Å². The van der Waals surface area contributed by atoms with Gasteiger partial charge in [-0.1, -0.05) is 25.0 Å². The summed E-state index contributed by atoms with van der Waals surface area (Å²) in [7, 11) is 0. The van der Waals surface area contributed by atoms with Crippen LogP contribution in [0.3, 0.4) is 0 Å². The van der Waals surface area contributed by atoms with Crippen molar-refractivity contribution in [3.63, 3.8) is 0 Å². The number of aromatic carboxylic acids is 1. The zero-order valence-electron chi connectivity index (χ0n) is 11.1. The minimum atomic E-state index is -0.826. The fourth-order valence-corrected chi connectivity index (χ4v) is 2.79. The third-order valence-electron chi connectivity index (χ3n) is 3.71. The molecule has 1 aromatic rings. The number of anilines is 1. The van der Waals surface area contributed by atoms with Crippen LogP contribution in [0.25, 0.3) is 0 Å². The summed E-state index contributed by atoms with van der Waals surface area (Å²) in [5.41, 5.74) is 2.32. The molecule has 3 heteroatoms. The van der Waals surface area contributed by atoms with Gasteiger partial charge in [-0.15, -0.1) is 0 Å². The molecule has 0 amide bonds. The van der Waals surface area contributed by atoms with Crippen LogP contribution in [0.4, 0.5) is 5.69 Å². The molecular formula is C15H21NO2. The first-order valence-electron chi connectivity index (χ1n) is 6.70. The van der Waals surface area contributed by atoms with E-state index in [1.165, 1.54) is 19.3 Å². The molecule has 98 valence electrons. The van der Waals surface area contributed by atoms with Gasteiger partial charge in [0.05, 0.1) is 11.3 Å². The Hall–Kier alpha value is -1.51. The van der Waals surface area contributed by atoms with Gasteiger partial charge < -0.3 is 10.0 Å². The van der Waals surface area contributed by atoms with E-state index < -0.39 is 5.97 Å². The van der Waals surface area contributed by atoms with E-state index in [4.69, 9.17) is 0 Å². The van der Waals surface area contributed by atoms with Crippen LogP contribution in [-0.4, -0.2) is 24.2 Å². The maximum Gasteiger partial charge on any atom is 0.337 e. The Labute approximate surface area is 108 Å². The van der Waals surface area contributed by atoms with Gasteiger partial charge in [0.1, 0.15) is 0 Å². The molecule has 1 aromatic carbocycles. The first-order chi connectivity index (χ1) is 8.61. The predicted molar refractivity (Wildman–Crippen MR) is 73.4 cm³/mol. The molecule has 0 aliphatic carbocycles. The van der Waals surface area contributed by atoms with Crippen LogP contribution in [0.1, 0.15) is 42.1 Å². The average molecular weight is 247 g/mol. The predicted octanol–water partition coefficient (Wildman–Crippen LogP) is 3.32. The van der Waals surface area contributed by atoms with Crippen molar-refractivity contribution in [1.82, 2.24) is 0 Å². The third kappa shape index (κ3) is 2.66. The molecule has 0 saturated carbocycles. The van der Waals surface area contributed by atoms with Gasteiger partial charge in [0.25, 0.3) is 0 Å². The van der Waals surface area contributed by atoms with Gasteiger partial charge in [0, 0.05) is 13.1 Å². The number of hydrogen-bond acceptors (Lipinski definition) is 2. The van der Waals surface area contributed by atoms with Crippen LogP contribution in [0.15, 0.2) is 18.2 Å². The molecule has 3 nitrogen and oxygen atoms in total. The fraction of sp³-hybridized carbons (Fsp3) is 0.533. The van der Waals surface area contributed by atoms with E-state index in [1.54, 1.807) is 6.07 Å². The second kappa shape index (κ2) is 5.42. The minimum Gasteiger partial charge on any atom is -0.478 e. The molecule has 18 heavy (non-hydrogen) atoms. The molecule has 0 bridgehead atoms. The van der Waals surface area contributed by atoms with Gasteiger partial charge in [-0.3, -0.25) is 0 Å². The summed E-state index contributed by atoms with van der Waals surface area (Å²) in [6.45, 7) is 6.11. The molecule has 1 unspecified atom stereocenters. The molecule has 0 spiro atoms. The number of nitrogens with zero attached hydrogens (tertiary/aromatic N) is 1. The topological polar surface area (TPSA) is 40.5 Å². The Kier molecular flexibility index (Phi) is 3.90. The van der Waals surface area contributed by atoms with Gasteiger partial charge >= 0.3 is 5.97 Å². The second-order valence-electron chi connectivity index (χ2n) is 5.22. The first-order valence-corrected chi connectivity index (χ1v) is 6.70. The van der Waals surface area contributed by atoms with Crippen LogP contribution in [0, 0.1) is 12.8 Å². The number of carboxylic acids is 1. The molecule has 1 heterocycles. The molecule has 1 aliphatic rings. The van der Waals surface area contributed by atoms with Crippen LogP contribution in [0.2, 0.25) is 0 Å². The molecule has 2 rings (SSSR count). The monoisotopic (exact) mass is 247 g/mol. The number of aryl methyl sites for hydroxylation is 1.